The summed E-state index contributed by atoms with van der Waals surface area (Å²) in [4.78, 5) is 23.5. The fourth-order valence-electron chi connectivity index (χ4n) is 2.12. The minimum Gasteiger partial charge on any atom is -0.497 e. The highest BCUT2D eigenvalue weighted by Crippen LogP contribution is 2.14. The topological polar surface area (TPSA) is 90.6 Å². The Morgan fingerprint density at radius 3 is 2.52 bits per heavy atom. The van der Waals surface area contributed by atoms with Crippen molar-refractivity contribution < 1.29 is 23.5 Å². The van der Waals surface area contributed by atoms with Gasteiger partial charge in [-0.2, -0.15) is 0 Å². The van der Waals surface area contributed by atoms with Crippen LogP contribution in [0.25, 0.3) is 0 Å². The molecular formula is C18H19FN2O4. The normalized spacial score (nSPS) is 10.2. The number of carbonyl (C=O) groups excluding carboxylic acids is 2. The van der Waals surface area contributed by atoms with Gasteiger partial charge in [0.1, 0.15) is 11.6 Å². The van der Waals surface area contributed by atoms with E-state index in [4.69, 9.17) is 15.2 Å². The first-order valence-electron chi connectivity index (χ1n) is 7.61. The number of ether oxygens (including phenoxy) is 2. The second-order valence-corrected chi connectivity index (χ2v) is 5.26. The second-order valence-electron chi connectivity index (χ2n) is 5.26. The molecule has 0 saturated heterocycles. The number of benzene rings is 2. The molecule has 0 atom stereocenters. The van der Waals surface area contributed by atoms with E-state index in [1.54, 1.807) is 7.11 Å². The SMILES string of the molecule is COc1ccc(CCNC(=O)COC(=O)c2ccc(F)cc2N)cc1. The summed E-state index contributed by atoms with van der Waals surface area (Å²) in [6, 6.07) is 10.8. The van der Waals surface area contributed by atoms with Crippen LogP contribution in [0.2, 0.25) is 0 Å². The lowest BCUT2D eigenvalue weighted by molar-refractivity contribution is -0.124. The number of esters is 1. The highest BCUT2D eigenvalue weighted by Gasteiger charge is 2.13. The van der Waals surface area contributed by atoms with Crippen molar-refractivity contribution in [3.63, 3.8) is 0 Å². The lowest BCUT2D eigenvalue weighted by atomic mass is 10.1. The minimum atomic E-state index is -0.775. The summed E-state index contributed by atoms with van der Waals surface area (Å²) in [5, 5.41) is 2.65. The van der Waals surface area contributed by atoms with Crippen molar-refractivity contribution in [2.24, 2.45) is 0 Å². The van der Waals surface area contributed by atoms with E-state index in [1.165, 1.54) is 6.07 Å². The largest absolute Gasteiger partial charge is 0.497 e. The fraction of sp³-hybridized carbons (Fsp3) is 0.222. The molecule has 25 heavy (non-hydrogen) atoms. The molecule has 7 heteroatoms. The van der Waals surface area contributed by atoms with Crippen LogP contribution >= 0.6 is 0 Å². The lowest BCUT2D eigenvalue weighted by Crippen LogP contribution is -2.30. The van der Waals surface area contributed by atoms with Gasteiger partial charge in [0.15, 0.2) is 6.61 Å². The third kappa shape index (κ3) is 5.49. The van der Waals surface area contributed by atoms with Crippen molar-refractivity contribution >= 4 is 17.6 Å². The van der Waals surface area contributed by atoms with E-state index in [0.717, 1.165) is 23.4 Å². The molecule has 132 valence electrons. The van der Waals surface area contributed by atoms with Crippen LogP contribution in [0.1, 0.15) is 15.9 Å². The number of halogens is 1. The van der Waals surface area contributed by atoms with Crippen LogP contribution in [0.5, 0.6) is 5.75 Å². The molecule has 2 rings (SSSR count). The van der Waals surface area contributed by atoms with E-state index < -0.39 is 24.3 Å². The van der Waals surface area contributed by atoms with Crippen molar-refractivity contribution in [1.29, 1.82) is 0 Å². The molecule has 0 radical (unpaired) electrons. The van der Waals surface area contributed by atoms with E-state index in [0.29, 0.717) is 13.0 Å². The molecule has 0 saturated carbocycles. The number of hydrogen-bond acceptors (Lipinski definition) is 5. The zero-order valence-corrected chi connectivity index (χ0v) is 13.8. The van der Waals surface area contributed by atoms with Crippen LogP contribution < -0.4 is 15.8 Å². The molecule has 0 aromatic heterocycles. The van der Waals surface area contributed by atoms with Crippen molar-refractivity contribution in [2.45, 2.75) is 6.42 Å². The molecular weight excluding hydrogens is 327 g/mol. The monoisotopic (exact) mass is 346 g/mol. The van der Waals surface area contributed by atoms with Crippen LogP contribution in [-0.2, 0) is 16.0 Å². The van der Waals surface area contributed by atoms with Gasteiger partial charge >= 0.3 is 5.97 Å². The third-order valence-corrected chi connectivity index (χ3v) is 3.46. The summed E-state index contributed by atoms with van der Waals surface area (Å²) < 4.78 is 22.9. The first-order chi connectivity index (χ1) is 12.0. The number of amides is 1. The molecule has 0 bridgehead atoms. The molecule has 0 heterocycles. The van der Waals surface area contributed by atoms with E-state index in [2.05, 4.69) is 5.32 Å². The van der Waals surface area contributed by atoms with Gasteiger partial charge in [-0.05, 0) is 42.3 Å². The maximum atomic E-state index is 12.9. The lowest BCUT2D eigenvalue weighted by Gasteiger charge is -2.08. The fourth-order valence-corrected chi connectivity index (χ4v) is 2.12. The van der Waals surface area contributed by atoms with E-state index in [1.807, 2.05) is 24.3 Å². The second kappa shape index (κ2) is 8.68. The third-order valence-electron chi connectivity index (χ3n) is 3.46. The van der Waals surface area contributed by atoms with Crippen molar-refractivity contribution in [3.05, 3.63) is 59.4 Å². The Morgan fingerprint density at radius 2 is 1.88 bits per heavy atom. The van der Waals surface area contributed by atoms with Gasteiger partial charge in [-0.15, -0.1) is 0 Å². The summed E-state index contributed by atoms with van der Waals surface area (Å²) in [6.07, 6.45) is 0.634. The molecule has 0 unspecified atom stereocenters. The van der Waals surface area contributed by atoms with Gasteiger partial charge in [0.05, 0.1) is 12.7 Å². The van der Waals surface area contributed by atoms with E-state index in [9.17, 15) is 14.0 Å². The van der Waals surface area contributed by atoms with Crippen molar-refractivity contribution in [3.8, 4) is 5.75 Å². The maximum Gasteiger partial charge on any atom is 0.340 e. The standard InChI is InChI=1S/C18H19FN2O4/c1-24-14-5-2-12(3-6-14)8-9-21-17(22)11-25-18(23)15-7-4-13(19)10-16(15)20/h2-7,10H,8-9,11,20H2,1H3,(H,21,22). The number of methoxy groups -OCH3 is 1. The van der Waals surface area contributed by atoms with Gasteiger partial charge in [-0.25, -0.2) is 9.18 Å². The highest BCUT2D eigenvalue weighted by atomic mass is 19.1. The van der Waals surface area contributed by atoms with Crippen LogP contribution in [0.4, 0.5) is 10.1 Å². The number of nitrogen functional groups attached to an aromatic ring is 1. The minimum absolute atomic E-state index is 0.0208. The predicted octanol–water partition coefficient (Wildman–Crippen LogP) is 1.93. The van der Waals surface area contributed by atoms with Gasteiger partial charge < -0.3 is 20.5 Å². The summed E-state index contributed by atoms with van der Waals surface area (Å²) >= 11 is 0. The first-order valence-corrected chi connectivity index (χ1v) is 7.61. The Kier molecular flexibility index (Phi) is 6.33. The van der Waals surface area contributed by atoms with Crippen LogP contribution in [0, 0.1) is 5.82 Å². The molecule has 0 aliphatic rings. The molecule has 2 aromatic rings. The van der Waals surface area contributed by atoms with E-state index >= 15 is 0 Å². The Morgan fingerprint density at radius 1 is 1.16 bits per heavy atom. The number of hydrogen-bond donors (Lipinski definition) is 2. The van der Waals surface area contributed by atoms with Crippen LogP contribution in [-0.4, -0.2) is 32.1 Å². The molecule has 0 aliphatic carbocycles. The van der Waals surface area contributed by atoms with Crippen molar-refractivity contribution in [2.75, 3.05) is 26.0 Å². The molecule has 3 N–H and O–H groups in total. The first kappa shape index (κ1) is 18.3. The smallest absolute Gasteiger partial charge is 0.340 e. The maximum absolute atomic E-state index is 12.9. The number of carbonyl (C=O) groups is 2. The number of nitrogens with two attached hydrogens (primary N) is 1. The summed E-state index contributed by atoms with van der Waals surface area (Å²) in [5.41, 5.74) is 6.57. The zero-order valence-electron chi connectivity index (χ0n) is 13.8. The average molecular weight is 346 g/mol. The molecule has 2 aromatic carbocycles. The number of anilines is 1. The molecule has 0 aliphatic heterocycles. The molecule has 0 spiro atoms. The van der Waals surface area contributed by atoms with Crippen LogP contribution in [0.15, 0.2) is 42.5 Å². The van der Waals surface area contributed by atoms with Gasteiger partial charge in [0.25, 0.3) is 5.91 Å². The number of rotatable bonds is 7. The van der Waals surface area contributed by atoms with Crippen molar-refractivity contribution in [1.82, 2.24) is 5.32 Å². The Hall–Kier alpha value is -3.09. The molecule has 1 amide bonds. The van der Waals surface area contributed by atoms with Gasteiger partial charge in [0, 0.05) is 12.2 Å². The van der Waals surface area contributed by atoms with Gasteiger partial charge in [-0.3, -0.25) is 4.79 Å². The molecule has 0 fully saturated rings. The average Bonchev–Trinajstić information content (AvgIpc) is 2.60. The highest BCUT2D eigenvalue weighted by molar-refractivity contribution is 5.96. The summed E-state index contributed by atoms with van der Waals surface area (Å²) in [6.45, 7) is -0.0281. The van der Waals surface area contributed by atoms with Crippen LogP contribution in [0.3, 0.4) is 0 Å². The Balaban J connectivity index is 1.73. The van der Waals surface area contributed by atoms with Gasteiger partial charge in [0.2, 0.25) is 0 Å². The Labute approximate surface area is 144 Å². The summed E-state index contributed by atoms with van der Waals surface area (Å²) in [5.74, 6) is -0.990. The number of nitrogens with one attached hydrogen (secondary N) is 1. The summed E-state index contributed by atoms with van der Waals surface area (Å²) in [7, 11) is 1.59. The molecule has 6 nitrogen and oxygen atoms in total. The zero-order chi connectivity index (χ0) is 18.2. The van der Waals surface area contributed by atoms with Gasteiger partial charge in [-0.1, -0.05) is 12.1 Å². The predicted molar refractivity (Wildman–Crippen MR) is 90.8 cm³/mol. The Bertz CT molecular complexity index is 747. The quantitative estimate of drug-likeness (QED) is 0.590. The van der Waals surface area contributed by atoms with E-state index in [-0.39, 0.29) is 11.3 Å².